The van der Waals surface area contributed by atoms with E-state index in [0.29, 0.717) is 12.8 Å². The Labute approximate surface area is 112 Å². The molecule has 0 rings (SSSR count). The molecule has 19 heavy (non-hydrogen) atoms. The minimum atomic E-state index is -0.881. The fourth-order valence-corrected chi connectivity index (χ4v) is 1.59. The summed E-state index contributed by atoms with van der Waals surface area (Å²) in [5, 5.41) is 18.9. The van der Waals surface area contributed by atoms with Crippen LogP contribution >= 0.6 is 0 Å². The molecule has 0 unspecified atom stereocenters. The van der Waals surface area contributed by atoms with Gasteiger partial charge in [-0.3, -0.25) is 0 Å². The van der Waals surface area contributed by atoms with E-state index < -0.39 is 15.6 Å². The molecule has 0 N–H and O–H groups in total. The molecule has 0 aliphatic carbocycles. The summed E-state index contributed by atoms with van der Waals surface area (Å²) in [7, 11) is 0. The Morgan fingerprint density at radius 3 is 1.63 bits per heavy atom. The van der Waals surface area contributed by atoms with Gasteiger partial charge in [-0.2, -0.15) is 0 Å². The van der Waals surface area contributed by atoms with Gasteiger partial charge < -0.3 is 9.68 Å². The summed E-state index contributed by atoms with van der Waals surface area (Å²) in [6.07, 6.45) is 1.84. The monoisotopic (exact) mass is 278 g/mol. The molecular weight excluding hydrogens is 256 g/mol. The summed E-state index contributed by atoms with van der Waals surface area (Å²) in [4.78, 5) is 29.5. The number of hydrogen-bond donors (Lipinski definition) is 0. The third-order valence-electron chi connectivity index (χ3n) is 3.11. The van der Waals surface area contributed by atoms with Crippen LogP contribution in [0.15, 0.2) is 0 Å². The molecule has 0 saturated carbocycles. The smallest absolute Gasteiger partial charge is 0.294 e. The molecule has 0 aromatic carbocycles. The van der Waals surface area contributed by atoms with Gasteiger partial charge in [-0.15, -0.1) is 20.2 Å². The Morgan fingerprint density at radius 2 is 1.37 bits per heavy atom. The molecule has 0 atom stereocenters. The summed E-state index contributed by atoms with van der Waals surface area (Å²) < 4.78 is 0. The first kappa shape index (κ1) is 17.4. The fourth-order valence-electron chi connectivity index (χ4n) is 1.59. The summed E-state index contributed by atoms with van der Waals surface area (Å²) in [6.45, 7) is 7.54. The van der Waals surface area contributed by atoms with Gasteiger partial charge in [0, 0.05) is 5.41 Å². The van der Waals surface area contributed by atoms with Gasteiger partial charge >= 0.3 is 0 Å². The minimum absolute atomic E-state index is 0.0314. The molecule has 0 heterocycles. The van der Waals surface area contributed by atoms with Crippen LogP contribution in [0.5, 0.6) is 0 Å². The minimum Gasteiger partial charge on any atom is -0.313 e. The van der Waals surface area contributed by atoms with Crippen LogP contribution < -0.4 is 0 Å². The van der Waals surface area contributed by atoms with Gasteiger partial charge in [0.15, 0.2) is 0 Å². The maximum absolute atomic E-state index is 10.3. The molecular formula is C11H22N2O6. The molecule has 0 aliphatic rings. The highest BCUT2D eigenvalue weighted by Gasteiger charge is 2.32. The molecule has 0 amide bonds. The van der Waals surface area contributed by atoms with E-state index in [9.17, 15) is 20.2 Å². The lowest BCUT2D eigenvalue weighted by molar-refractivity contribution is -0.772. The lowest BCUT2D eigenvalue weighted by Crippen LogP contribution is -2.35. The molecule has 0 aliphatic heterocycles. The zero-order valence-electron chi connectivity index (χ0n) is 11.9. The van der Waals surface area contributed by atoms with E-state index in [1.807, 2.05) is 27.7 Å². The molecule has 8 heteroatoms. The van der Waals surface area contributed by atoms with Crippen LogP contribution in [-0.4, -0.2) is 23.4 Å². The van der Waals surface area contributed by atoms with Gasteiger partial charge in [0.1, 0.15) is 13.2 Å². The van der Waals surface area contributed by atoms with Crippen molar-refractivity contribution in [2.24, 2.45) is 10.8 Å². The van der Waals surface area contributed by atoms with Crippen LogP contribution in [0.2, 0.25) is 0 Å². The molecule has 0 aromatic heterocycles. The SMILES string of the molecule is CCC(CCC(C)(C)C)(CO[N+](=O)[O-])CO[N+](=O)[O-]. The Morgan fingerprint density at radius 1 is 0.947 bits per heavy atom. The van der Waals surface area contributed by atoms with Crippen molar-refractivity contribution in [1.29, 1.82) is 0 Å². The van der Waals surface area contributed by atoms with Crippen molar-refractivity contribution in [2.45, 2.75) is 47.0 Å². The second-order valence-electron chi connectivity index (χ2n) is 5.91. The van der Waals surface area contributed by atoms with E-state index in [4.69, 9.17) is 0 Å². The van der Waals surface area contributed by atoms with Crippen molar-refractivity contribution in [3.05, 3.63) is 20.2 Å². The van der Waals surface area contributed by atoms with E-state index in [2.05, 4.69) is 9.68 Å². The van der Waals surface area contributed by atoms with E-state index in [-0.39, 0.29) is 18.6 Å². The molecule has 0 radical (unpaired) electrons. The Bertz CT molecular complexity index is 295. The quantitative estimate of drug-likeness (QED) is 0.474. The van der Waals surface area contributed by atoms with Crippen molar-refractivity contribution >= 4 is 0 Å². The molecule has 0 aromatic rings. The van der Waals surface area contributed by atoms with Gasteiger partial charge in [0.2, 0.25) is 0 Å². The molecule has 0 fully saturated rings. The Balaban J connectivity index is 4.72. The molecule has 0 saturated heterocycles. The van der Waals surface area contributed by atoms with Crippen molar-refractivity contribution in [1.82, 2.24) is 0 Å². The average molecular weight is 278 g/mol. The Kier molecular flexibility index (Phi) is 6.51. The van der Waals surface area contributed by atoms with Gasteiger partial charge in [0.05, 0.1) is 0 Å². The normalized spacial score (nSPS) is 12.0. The fraction of sp³-hybridized carbons (Fsp3) is 1.00. The first-order valence-electron chi connectivity index (χ1n) is 6.15. The lowest BCUT2D eigenvalue weighted by atomic mass is 9.77. The van der Waals surface area contributed by atoms with Crippen LogP contribution in [0.1, 0.15) is 47.0 Å². The zero-order chi connectivity index (χ0) is 15.1. The van der Waals surface area contributed by atoms with E-state index in [1.165, 1.54) is 0 Å². The second-order valence-corrected chi connectivity index (χ2v) is 5.91. The first-order chi connectivity index (χ1) is 8.60. The molecule has 0 spiro atoms. The standard InChI is InChI=1S/C11H22N2O6/c1-5-11(8-18-12(14)15,9-19-13(16)17)7-6-10(2,3)4/h5-9H2,1-4H3. The third-order valence-corrected chi connectivity index (χ3v) is 3.11. The van der Waals surface area contributed by atoms with Crippen LogP contribution in [0, 0.1) is 31.1 Å². The van der Waals surface area contributed by atoms with E-state index in [0.717, 1.165) is 6.42 Å². The maximum Gasteiger partial charge on any atom is 0.294 e. The van der Waals surface area contributed by atoms with Crippen LogP contribution in [-0.2, 0) is 9.68 Å². The second kappa shape index (κ2) is 7.10. The summed E-state index contributed by atoms with van der Waals surface area (Å²) >= 11 is 0. The predicted molar refractivity (Wildman–Crippen MR) is 67.3 cm³/mol. The highest BCUT2D eigenvalue weighted by atomic mass is 17.0. The van der Waals surface area contributed by atoms with Crippen LogP contribution in [0.25, 0.3) is 0 Å². The molecule has 8 nitrogen and oxygen atoms in total. The largest absolute Gasteiger partial charge is 0.313 e. The van der Waals surface area contributed by atoms with E-state index in [1.54, 1.807) is 0 Å². The van der Waals surface area contributed by atoms with Gasteiger partial charge in [-0.05, 0) is 24.7 Å². The summed E-state index contributed by atoms with van der Waals surface area (Å²) in [5.41, 5.74) is -0.683. The highest BCUT2D eigenvalue weighted by molar-refractivity contribution is 4.79. The van der Waals surface area contributed by atoms with Crippen molar-refractivity contribution in [3.63, 3.8) is 0 Å². The van der Waals surface area contributed by atoms with Gasteiger partial charge in [-0.1, -0.05) is 27.7 Å². The summed E-state index contributed by atoms with van der Waals surface area (Å²) in [5.74, 6) is 0. The van der Waals surface area contributed by atoms with Gasteiger partial charge in [-0.25, -0.2) is 0 Å². The van der Waals surface area contributed by atoms with E-state index >= 15 is 0 Å². The van der Waals surface area contributed by atoms with Crippen molar-refractivity contribution in [3.8, 4) is 0 Å². The lowest BCUT2D eigenvalue weighted by Gasteiger charge is -2.33. The maximum atomic E-state index is 10.3. The first-order valence-corrected chi connectivity index (χ1v) is 6.15. The van der Waals surface area contributed by atoms with Gasteiger partial charge in [0.25, 0.3) is 10.2 Å². The topological polar surface area (TPSA) is 105 Å². The van der Waals surface area contributed by atoms with Crippen molar-refractivity contribution in [2.75, 3.05) is 13.2 Å². The molecule has 112 valence electrons. The van der Waals surface area contributed by atoms with Crippen LogP contribution in [0.4, 0.5) is 0 Å². The highest BCUT2D eigenvalue weighted by Crippen LogP contribution is 2.34. The third kappa shape index (κ3) is 8.17. The number of hydrogen-bond acceptors (Lipinski definition) is 6. The number of nitrogens with zero attached hydrogens (tertiary/aromatic N) is 2. The average Bonchev–Trinajstić information content (AvgIpc) is 2.27. The van der Waals surface area contributed by atoms with Crippen molar-refractivity contribution < 1.29 is 19.8 Å². The molecule has 0 bridgehead atoms. The number of rotatable bonds is 9. The Hall–Kier alpha value is -1.60. The predicted octanol–water partition coefficient (Wildman–Crippen LogP) is 2.63. The zero-order valence-corrected chi connectivity index (χ0v) is 11.9. The summed E-state index contributed by atoms with van der Waals surface area (Å²) in [6, 6.07) is 0. The van der Waals surface area contributed by atoms with Crippen LogP contribution in [0.3, 0.4) is 0 Å².